The van der Waals surface area contributed by atoms with Crippen LogP contribution in [0.4, 0.5) is 0 Å². The van der Waals surface area contributed by atoms with Gasteiger partial charge in [0, 0.05) is 39.0 Å². The number of H-pyrrole nitrogens is 1. The molecule has 2 amide bonds. The van der Waals surface area contributed by atoms with Crippen molar-refractivity contribution in [2.75, 3.05) is 40.8 Å². The van der Waals surface area contributed by atoms with Gasteiger partial charge in [0.05, 0.1) is 17.6 Å². The molecule has 0 bridgehead atoms. The predicted molar refractivity (Wildman–Crippen MR) is 117 cm³/mol. The number of piperidine rings is 1. The third kappa shape index (κ3) is 4.51. The standard InChI is InChI=1S/C23H33N5O2/c1-26(2)15-23(30)27(3)18-12-16-10-11-28(14-17(16)13-18)22(29)9-8-21-24-19-6-4-5-7-20(19)25-21/h4-7,16-18H,8-15H2,1-3H3,(H,24,25)/t16-,17-,18+/m1/s1. The zero-order chi connectivity index (χ0) is 21.3. The van der Waals surface area contributed by atoms with Crippen molar-refractivity contribution in [1.82, 2.24) is 24.7 Å². The van der Waals surface area contributed by atoms with Crippen LogP contribution in [-0.2, 0) is 16.0 Å². The van der Waals surface area contributed by atoms with Gasteiger partial charge in [0.15, 0.2) is 0 Å². The molecule has 2 aromatic rings. The third-order valence-corrected chi connectivity index (χ3v) is 6.80. The number of carbonyl (C=O) groups excluding carboxylic acids is 2. The summed E-state index contributed by atoms with van der Waals surface area (Å²) >= 11 is 0. The van der Waals surface area contributed by atoms with Crippen molar-refractivity contribution in [1.29, 1.82) is 0 Å². The average Bonchev–Trinajstić information content (AvgIpc) is 3.33. The number of aromatic amines is 1. The van der Waals surface area contributed by atoms with E-state index in [9.17, 15) is 9.59 Å². The molecule has 3 atom stereocenters. The molecular formula is C23H33N5O2. The number of hydrogen-bond acceptors (Lipinski definition) is 4. The molecule has 0 spiro atoms. The molecule has 162 valence electrons. The number of imidazole rings is 1. The molecule has 0 unspecified atom stereocenters. The van der Waals surface area contributed by atoms with Crippen molar-refractivity contribution in [2.45, 2.75) is 38.1 Å². The Hall–Kier alpha value is -2.41. The van der Waals surface area contributed by atoms with Crippen molar-refractivity contribution in [3.8, 4) is 0 Å². The van der Waals surface area contributed by atoms with Crippen LogP contribution in [0.1, 0.15) is 31.5 Å². The number of para-hydroxylation sites is 2. The molecule has 1 aliphatic carbocycles. The Balaban J connectivity index is 1.29. The van der Waals surface area contributed by atoms with Gasteiger partial charge < -0.3 is 19.7 Å². The van der Waals surface area contributed by atoms with Crippen LogP contribution in [0.3, 0.4) is 0 Å². The molecule has 1 saturated carbocycles. The van der Waals surface area contributed by atoms with Gasteiger partial charge in [0.2, 0.25) is 11.8 Å². The molecule has 30 heavy (non-hydrogen) atoms. The van der Waals surface area contributed by atoms with Crippen LogP contribution in [0.5, 0.6) is 0 Å². The number of carbonyl (C=O) groups is 2. The molecule has 1 aromatic heterocycles. The summed E-state index contributed by atoms with van der Waals surface area (Å²) in [7, 11) is 5.79. The highest BCUT2D eigenvalue weighted by molar-refractivity contribution is 5.78. The SMILES string of the molecule is CN(C)CC(=O)N(C)[C@H]1C[C@H]2CCN(C(=O)CCc3nc4ccccc4[nH]3)C[C@H]2C1. The molecule has 1 aliphatic heterocycles. The maximum absolute atomic E-state index is 12.8. The van der Waals surface area contributed by atoms with Gasteiger partial charge in [-0.25, -0.2) is 4.98 Å². The van der Waals surface area contributed by atoms with E-state index >= 15 is 0 Å². The van der Waals surface area contributed by atoms with Crippen LogP contribution in [0, 0.1) is 11.8 Å². The summed E-state index contributed by atoms with van der Waals surface area (Å²) in [5.74, 6) is 2.41. The van der Waals surface area contributed by atoms with E-state index in [2.05, 4.69) is 9.97 Å². The number of rotatable bonds is 6. The van der Waals surface area contributed by atoms with Gasteiger partial charge in [0.1, 0.15) is 5.82 Å². The molecule has 7 nitrogen and oxygen atoms in total. The van der Waals surface area contributed by atoms with E-state index in [1.165, 1.54) is 0 Å². The number of benzene rings is 1. The number of likely N-dealkylation sites (N-methyl/N-ethyl adjacent to an activating group) is 2. The molecule has 2 fully saturated rings. The summed E-state index contributed by atoms with van der Waals surface area (Å²) < 4.78 is 0. The zero-order valence-electron chi connectivity index (χ0n) is 18.3. The number of likely N-dealkylation sites (tertiary alicyclic amines) is 1. The summed E-state index contributed by atoms with van der Waals surface area (Å²) in [5, 5.41) is 0. The second kappa shape index (κ2) is 8.76. The maximum Gasteiger partial charge on any atom is 0.236 e. The van der Waals surface area contributed by atoms with Gasteiger partial charge in [-0.05, 0) is 57.3 Å². The summed E-state index contributed by atoms with van der Waals surface area (Å²) in [6.45, 7) is 2.12. The van der Waals surface area contributed by atoms with E-state index in [1.54, 1.807) is 0 Å². The van der Waals surface area contributed by atoms with E-state index in [0.717, 1.165) is 49.2 Å². The first-order chi connectivity index (χ1) is 14.4. The Morgan fingerprint density at radius 2 is 1.93 bits per heavy atom. The van der Waals surface area contributed by atoms with Crippen molar-refractivity contribution < 1.29 is 9.59 Å². The molecular weight excluding hydrogens is 378 g/mol. The Labute approximate surface area is 178 Å². The topological polar surface area (TPSA) is 72.5 Å². The first-order valence-corrected chi connectivity index (χ1v) is 11.0. The number of nitrogens with zero attached hydrogens (tertiary/aromatic N) is 4. The third-order valence-electron chi connectivity index (χ3n) is 6.80. The van der Waals surface area contributed by atoms with Gasteiger partial charge in [0.25, 0.3) is 0 Å². The molecule has 1 aromatic carbocycles. The fourth-order valence-electron chi connectivity index (χ4n) is 5.09. The molecule has 2 heterocycles. The quantitative estimate of drug-likeness (QED) is 0.791. The van der Waals surface area contributed by atoms with Gasteiger partial charge >= 0.3 is 0 Å². The number of aromatic nitrogens is 2. The normalized spacial score (nSPS) is 23.7. The summed E-state index contributed by atoms with van der Waals surface area (Å²) in [6, 6.07) is 8.26. The van der Waals surface area contributed by atoms with Crippen LogP contribution in [0.2, 0.25) is 0 Å². The van der Waals surface area contributed by atoms with E-state index in [0.29, 0.717) is 37.3 Å². The van der Waals surface area contributed by atoms with Crippen LogP contribution in [0.15, 0.2) is 24.3 Å². The highest BCUT2D eigenvalue weighted by Crippen LogP contribution is 2.40. The smallest absolute Gasteiger partial charge is 0.236 e. The second-order valence-electron chi connectivity index (χ2n) is 9.22. The molecule has 2 aliphatic rings. The lowest BCUT2D eigenvalue weighted by Gasteiger charge is -2.35. The fraction of sp³-hybridized carbons (Fsp3) is 0.609. The van der Waals surface area contributed by atoms with Crippen LogP contribution in [0.25, 0.3) is 11.0 Å². The van der Waals surface area contributed by atoms with Crippen molar-refractivity contribution in [3.05, 3.63) is 30.1 Å². The fourth-order valence-corrected chi connectivity index (χ4v) is 5.09. The van der Waals surface area contributed by atoms with E-state index in [1.807, 2.05) is 60.1 Å². The number of nitrogens with one attached hydrogen (secondary N) is 1. The lowest BCUT2D eigenvalue weighted by atomic mass is 9.88. The Bertz CT molecular complexity index is 875. The molecule has 4 rings (SSSR count). The van der Waals surface area contributed by atoms with E-state index in [4.69, 9.17) is 0 Å². The van der Waals surface area contributed by atoms with E-state index < -0.39 is 0 Å². The molecule has 0 radical (unpaired) electrons. The predicted octanol–water partition coefficient (Wildman–Crippen LogP) is 2.14. The Morgan fingerprint density at radius 1 is 1.17 bits per heavy atom. The summed E-state index contributed by atoms with van der Waals surface area (Å²) in [4.78, 5) is 39.0. The van der Waals surface area contributed by atoms with Crippen LogP contribution < -0.4 is 0 Å². The molecule has 1 N–H and O–H groups in total. The number of amides is 2. The van der Waals surface area contributed by atoms with Crippen molar-refractivity contribution in [3.63, 3.8) is 0 Å². The highest BCUT2D eigenvalue weighted by Gasteiger charge is 2.41. The minimum absolute atomic E-state index is 0.183. The Morgan fingerprint density at radius 3 is 2.70 bits per heavy atom. The van der Waals surface area contributed by atoms with Crippen LogP contribution >= 0.6 is 0 Å². The number of fused-ring (bicyclic) bond motifs is 2. The van der Waals surface area contributed by atoms with Crippen LogP contribution in [-0.4, -0.2) is 83.3 Å². The van der Waals surface area contributed by atoms with Gasteiger partial charge in [-0.1, -0.05) is 12.1 Å². The maximum atomic E-state index is 12.8. The largest absolute Gasteiger partial charge is 0.342 e. The van der Waals surface area contributed by atoms with Gasteiger partial charge in [-0.3, -0.25) is 9.59 Å². The first kappa shape index (κ1) is 20.8. The van der Waals surface area contributed by atoms with Crippen molar-refractivity contribution >= 4 is 22.8 Å². The zero-order valence-corrected chi connectivity index (χ0v) is 18.3. The van der Waals surface area contributed by atoms with E-state index in [-0.39, 0.29) is 11.8 Å². The summed E-state index contributed by atoms with van der Waals surface area (Å²) in [6.07, 6.45) is 4.26. The minimum Gasteiger partial charge on any atom is -0.342 e. The highest BCUT2D eigenvalue weighted by atomic mass is 16.2. The Kier molecular flexibility index (Phi) is 6.09. The lowest BCUT2D eigenvalue weighted by Crippen LogP contribution is -2.42. The minimum atomic E-state index is 0.183. The van der Waals surface area contributed by atoms with Crippen molar-refractivity contribution in [2.24, 2.45) is 11.8 Å². The van der Waals surface area contributed by atoms with Gasteiger partial charge in [-0.2, -0.15) is 0 Å². The number of aryl methyl sites for hydroxylation is 1. The second-order valence-corrected chi connectivity index (χ2v) is 9.22. The van der Waals surface area contributed by atoms with Gasteiger partial charge in [-0.15, -0.1) is 0 Å². The summed E-state index contributed by atoms with van der Waals surface area (Å²) in [5.41, 5.74) is 1.97. The average molecular weight is 412 g/mol. The lowest BCUT2D eigenvalue weighted by molar-refractivity contribution is -0.134. The monoisotopic (exact) mass is 411 g/mol. The molecule has 1 saturated heterocycles. The first-order valence-electron chi connectivity index (χ1n) is 11.0. The number of hydrogen-bond donors (Lipinski definition) is 1. The molecule has 7 heteroatoms.